The summed E-state index contributed by atoms with van der Waals surface area (Å²) < 4.78 is 0. The second-order valence-electron chi connectivity index (χ2n) is 6.62. The molecular weight excluding hydrogens is 220 g/mol. The maximum absolute atomic E-state index is 6.20. The lowest BCUT2D eigenvalue weighted by Crippen LogP contribution is -2.58. The highest BCUT2D eigenvalue weighted by Gasteiger charge is 2.38. The SMILES string of the molecule is CCCCCCC(C)N1C2CCCC1CC(N)C2. The summed E-state index contributed by atoms with van der Waals surface area (Å²) in [5.41, 5.74) is 6.20. The standard InChI is InChI=1S/C16H32N2/c1-3-4-5-6-8-13(2)18-15-9-7-10-16(18)12-14(17)11-15/h13-16H,3-12,17H2,1-2H3. The normalized spacial score (nSPS) is 34.5. The van der Waals surface area contributed by atoms with Gasteiger partial charge < -0.3 is 5.73 Å². The average Bonchev–Trinajstić information content (AvgIpc) is 2.33. The van der Waals surface area contributed by atoms with Gasteiger partial charge in [0.25, 0.3) is 0 Å². The third-order valence-corrected chi connectivity index (χ3v) is 5.05. The van der Waals surface area contributed by atoms with Crippen LogP contribution < -0.4 is 5.73 Å². The topological polar surface area (TPSA) is 29.3 Å². The Balaban J connectivity index is 1.83. The lowest BCUT2D eigenvalue weighted by molar-refractivity contribution is -0.00282. The van der Waals surface area contributed by atoms with Crippen LogP contribution in [0.5, 0.6) is 0 Å². The van der Waals surface area contributed by atoms with Gasteiger partial charge in [-0.15, -0.1) is 0 Å². The van der Waals surface area contributed by atoms with Crippen molar-refractivity contribution >= 4 is 0 Å². The second kappa shape index (κ2) is 6.91. The van der Waals surface area contributed by atoms with Crippen molar-refractivity contribution < 1.29 is 0 Å². The molecule has 2 bridgehead atoms. The van der Waals surface area contributed by atoms with Gasteiger partial charge in [0.05, 0.1) is 0 Å². The van der Waals surface area contributed by atoms with Gasteiger partial charge in [0.1, 0.15) is 0 Å². The third kappa shape index (κ3) is 3.48. The van der Waals surface area contributed by atoms with Crippen LogP contribution in [-0.2, 0) is 0 Å². The molecule has 2 heteroatoms. The van der Waals surface area contributed by atoms with Crippen LogP contribution in [0.2, 0.25) is 0 Å². The fourth-order valence-electron chi connectivity index (χ4n) is 4.20. The predicted molar refractivity (Wildman–Crippen MR) is 78.7 cm³/mol. The molecule has 106 valence electrons. The van der Waals surface area contributed by atoms with Crippen molar-refractivity contribution in [2.45, 2.75) is 102 Å². The van der Waals surface area contributed by atoms with Crippen molar-refractivity contribution in [3.05, 3.63) is 0 Å². The first kappa shape index (κ1) is 14.3. The Bertz CT molecular complexity index is 227. The molecule has 0 saturated carbocycles. The van der Waals surface area contributed by atoms with E-state index in [1.807, 2.05) is 0 Å². The lowest BCUT2D eigenvalue weighted by atomic mass is 9.80. The van der Waals surface area contributed by atoms with Gasteiger partial charge >= 0.3 is 0 Å². The Hall–Kier alpha value is -0.0800. The number of unbranched alkanes of at least 4 members (excludes halogenated alkanes) is 3. The van der Waals surface area contributed by atoms with Gasteiger partial charge in [0.15, 0.2) is 0 Å². The number of hydrogen-bond donors (Lipinski definition) is 1. The molecule has 0 radical (unpaired) electrons. The Labute approximate surface area is 113 Å². The van der Waals surface area contributed by atoms with Crippen LogP contribution in [0, 0.1) is 0 Å². The van der Waals surface area contributed by atoms with Gasteiger partial charge in [-0.2, -0.15) is 0 Å². The summed E-state index contributed by atoms with van der Waals surface area (Å²) in [6.45, 7) is 4.74. The zero-order chi connectivity index (χ0) is 13.0. The molecule has 3 atom stereocenters. The van der Waals surface area contributed by atoms with Crippen LogP contribution >= 0.6 is 0 Å². The molecule has 2 saturated heterocycles. The zero-order valence-electron chi connectivity index (χ0n) is 12.4. The molecule has 0 spiro atoms. The molecule has 0 aromatic rings. The summed E-state index contributed by atoms with van der Waals surface area (Å²) >= 11 is 0. The van der Waals surface area contributed by atoms with Crippen molar-refractivity contribution in [2.75, 3.05) is 0 Å². The van der Waals surface area contributed by atoms with Crippen LogP contribution in [-0.4, -0.2) is 29.1 Å². The first-order chi connectivity index (χ1) is 8.72. The number of nitrogens with two attached hydrogens (primary N) is 1. The summed E-state index contributed by atoms with van der Waals surface area (Å²) in [7, 11) is 0. The molecule has 18 heavy (non-hydrogen) atoms. The number of nitrogens with zero attached hydrogens (tertiary/aromatic N) is 1. The van der Waals surface area contributed by atoms with E-state index in [9.17, 15) is 0 Å². The van der Waals surface area contributed by atoms with Crippen molar-refractivity contribution in [3.8, 4) is 0 Å². The second-order valence-corrected chi connectivity index (χ2v) is 6.62. The molecule has 2 heterocycles. The molecule has 3 unspecified atom stereocenters. The van der Waals surface area contributed by atoms with Crippen molar-refractivity contribution in [1.82, 2.24) is 4.90 Å². The maximum Gasteiger partial charge on any atom is 0.0116 e. The first-order valence-corrected chi connectivity index (χ1v) is 8.25. The van der Waals surface area contributed by atoms with Gasteiger partial charge in [-0.1, -0.05) is 39.0 Å². The van der Waals surface area contributed by atoms with E-state index < -0.39 is 0 Å². The summed E-state index contributed by atoms with van der Waals surface area (Å²) in [6, 6.07) is 2.86. The minimum atomic E-state index is 0.476. The summed E-state index contributed by atoms with van der Waals surface area (Å²) in [6.07, 6.45) is 13.7. The Morgan fingerprint density at radius 1 is 1.11 bits per heavy atom. The predicted octanol–water partition coefficient (Wildman–Crippen LogP) is 3.69. The molecule has 2 fully saturated rings. The fraction of sp³-hybridized carbons (Fsp3) is 1.00. The Morgan fingerprint density at radius 2 is 1.78 bits per heavy atom. The summed E-state index contributed by atoms with van der Waals surface area (Å²) in [5, 5.41) is 0. The van der Waals surface area contributed by atoms with E-state index >= 15 is 0 Å². The molecular formula is C16H32N2. The van der Waals surface area contributed by atoms with E-state index in [4.69, 9.17) is 5.73 Å². The van der Waals surface area contributed by atoms with Crippen molar-refractivity contribution in [3.63, 3.8) is 0 Å². The largest absolute Gasteiger partial charge is 0.328 e. The molecule has 0 aromatic heterocycles. The van der Waals surface area contributed by atoms with Crippen LogP contribution in [0.15, 0.2) is 0 Å². The summed E-state index contributed by atoms with van der Waals surface area (Å²) in [4.78, 5) is 2.85. The molecule has 0 aromatic carbocycles. The smallest absolute Gasteiger partial charge is 0.0116 e. The zero-order valence-corrected chi connectivity index (χ0v) is 12.4. The molecule has 0 amide bonds. The number of rotatable bonds is 6. The van der Waals surface area contributed by atoms with Crippen LogP contribution in [0.25, 0.3) is 0 Å². The fourth-order valence-corrected chi connectivity index (χ4v) is 4.20. The number of fused-ring (bicyclic) bond motifs is 2. The van der Waals surface area contributed by atoms with Crippen LogP contribution in [0.1, 0.15) is 78.1 Å². The van der Waals surface area contributed by atoms with Gasteiger partial charge in [-0.05, 0) is 39.0 Å². The van der Waals surface area contributed by atoms with Gasteiger partial charge in [0, 0.05) is 24.2 Å². The van der Waals surface area contributed by atoms with E-state index in [1.165, 1.54) is 64.2 Å². The highest BCUT2D eigenvalue weighted by atomic mass is 15.2. The van der Waals surface area contributed by atoms with Crippen molar-refractivity contribution in [1.29, 1.82) is 0 Å². The Kier molecular flexibility index (Phi) is 5.50. The highest BCUT2D eigenvalue weighted by molar-refractivity contribution is 4.95. The minimum Gasteiger partial charge on any atom is -0.328 e. The number of hydrogen-bond acceptors (Lipinski definition) is 2. The quantitative estimate of drug-likeness (QED) is 0.731. The molecule has 2 aliphatic heterocycles. The molecule has 2 nitrogen and oxygen atoms in total. The lowest BCUT2D eigenvalue weighted by Gasteiger charge is -2.51. The average molecular weight is 252 g/mol. The molecule has 2 rings (SSSR count). The maximum atomic E-state index is 6.20. The monoisotopic (exact) mass is 252 g/mol. The molecule has 0 aliphatic carbocycles. The molecule has 2 N–H and O–H groups in total. The Morgan fingerprint density at radius 3 is 2.39 bits per heavy atom. The van der Waals surface area contributed by atoms with E-state index in [-0.39, 0.29) is 0 Å². The van der Waals surface area contributed by atoms with Gasteiger partial charge in [0.2, 0.25) is 0 Å². The number of piperidine rings is 2. The third-order valence-electron chi connectivity index (χ3n) is 5.05. The summed E-state index contributed by atoms with van der Waals surface area (Å²) in [5.74, 6) is 0. The van der Waals surface area contributed by atoms with E-state index in [1.54, 1.807) is 0 Å². The van der Waals surface area contributed by atoms with Gasteiger partial charge in [-0.3, -0.25) is 4.90 Å². The molecule has 2 aliphatic rings. The van der Waals surface area contributed by atoms with E-state index in [0.29, 0.717) is 6.04 Å². The van der Waals surface area contributed by atoms with Gasteiger partial charge in [-0.25, -0.2) is 0 Å². The van der Waals surface area contributed by atoms with E-state index in [2.05, 4.69) is 18.7 Å². The van der Waals surface area contributed by atoms with E-state index in [0.717, 1.165) is 18.1 Å². The van der Waals surface area contributed by atoms with Crippen LogP contribution in [0.3, 0.4) is 0 Å². The van der Waals surface area contributed by atoms with Crippen LogP contribution in [0.4, 0.5) is 0 Å². The highest BCUT2D eigenvalue weighted by Crippen LogP contribution is 2.35. The minimum absolute atomic E-state index is 0.476. The first-order valence-electron chi connectivity index (χ1n) is 8.25. The van der Waals surface area contributed by atoms with Crippen molar-refractivity contribution in [2.24, 2.45) is 5.73 Å².